The third-order valence-corrected chi connectivity index (χ3v) is 5.22. The summed E-state index contributed by atoms with van der Waals surface area (Å²) in [4.78, 5) is 0. The summed E-state index contributed by atoms with van der Waals surface area (Å²) >= 11 is 0. The van der Waals surface area contributed by atoms with E-state index in [4.69, 9.17) is 5.48 Å². The van der Waals surface area contributed by atoms with Crippen molar-refractivity contribution in [1.82, 2.24) is 0 Å². The number of fused-ring (bicyclic) bond motifs is 1. The number of aromatic nitrogens is 1. The molecule has 2 aliphatic carbocycles. The van der Waals surface area contributed by atoms with E-state index >= 15 is 0 Å². The summed E-state index contributed by atoms with van der Waals surface area (Å²) in [5, 5.41) is 0. The first kappa shape index (κ1) is 10.2. The van der Waals surface area contributed by atoms with E-state index in [9.17, 15) is 0 Å². The lowest BCUT2D eigenvalue weighted by atomic mass is 9.72. The Morgan fingerprint density at radius 3 is 2.55 bits per heavy atom. The molecule has 0 unspecified atom stereocenters. The second-order valence-electron chi connectivity index (χ2n) is 6.75. The first-order valence-corrected chi connectivity index (χ1v) is 8.34. The number of pyridine rings is 1. The number of aryl methyl sites for hydroxylation is 1. The van der Waals surface area contributed by atoms with Crippen LogP contribution in [0.1, 0.15) is 54.4 Å². The van der Waals surface area contributed by atoms with Crippen LogP contribution in [-0.4, -0.2) is 0 Å². The number of benzene rings is 1. The molecule has 2 aromatic rings. The Morgan fingerprint density at radius 1 is 1.00 bits per heavy atom. The minimum Gasteiger partial charge on any atom is -0.198 e. The maximum Gasteiger partial charge on any atom is 0.212 e. The highest BCUT2D eigenvalue weighted by molar-refractivity contribution is 5.61. The molecular weight excluding hydrogens is 266 g/mol. The molecular formula is C21H26N+. The van der Waals surface area contributed by atoms with Crippen molar-refractivity contribution >= 4 is 0 Å². The van der Waals surface area contributed by atoms with Crippen LogP contribution in [0, 0.1) is 12.3 Å². The Kier molecular flexibility index (Phi) is 2.42. The standard InChI is InChI=1S/C21H26N/c1-16-8-4-5-9-18(16)19-11-10-17-14-21(12-6-3-7-13-21)15-20(17)22(19)2/h4-5,8-11H,3,6-7,12-15H2,1-2H3/q+1/i14D2,15D2. The van der Waals surface area contributed by atoms with Crippen molar-refractivity contribution in [2.45, 2.75) is 51.8 Å². The quantitative estimate of drug-likeness (QED) is 0.680. The van der Waals surface area contributed by atoms with E-state index < -0.39 is 18.2 Å². The molecule has 1 spiro atoms. The van der Waals surface area contributed by atoms with E-state index in [-0.39, 0.29) is 0 Å². The molecule has 0 bridgehead atoms. The van der Waals surface area contributed by atoms with Gasteiger partial charge >= 0.3 is 0 Å². The molecule has 0 amide bonds. The molecule has 2 aliphatic rings. The van der Waals surface area contributed by atoms with Gasteiger partial charge in [0, 0.05) is 29.0 Å². The van der Waals surface area contributed by atoms with Gasteiger partial charge in [0.15, 0.2) is 5.69 Å². The zero-order valence-electron chi connectivity index (χ0n) is 17.4. The van der Waals surface area contributed by atoms with E-state index in [0.29, 0.717) is 24.1 Å². The van der Waals surface area contributed by atoms with Crippen LogP contribution < -0.4 is 4.57 Å². The molecule has 1 heterocycles. The molecule has 1 heteroatoms. The van der Waals surface area contributed by atoms with Gasteiger partial charge in [-0.25, -0.2) is 0 Å². The summed E-state index contributed by atoms with van der Waals surface area (Å²) in [6.07, 6.45) is 0.782. The fourth-order valence-corrected chi connectivity index (χ4v) is 3.96. The molecule has 4 rings (SSSR count). The van der Waals surface area contributed by atoms with Crippen LogP contribution >= 0.6 is 0 Å². The minimum atomic E-state index is -1.68. The normalized spacial score (nSPS) is 26.6. The predicted octanol–water partition coefficient (Wildman–Crippen LogP) is 4.54. The lowest BCUT2D eigenvalue weighted by Gasteiger charge is -2.32. The second kappa shape index (κ2) is 5.22. The summed E-state index contributed by atoms with van der Waals surface area (Å²) in [5.74, 6) is 0. The van der Waals surface area contributed by atoms with Gasteiger partial charge in [-0.3, -0.25) is 0 Å². The van der Waals surface area contributed by atoms with Crippen molar-refractivity contribution in [3.8, 4) is 11.3 Å². The van der Waals surface area contributed by atoms with Crippen LogP contribution in [0.3, 0.4) is 0 Å². The molecule has 1 fully saturated rings. The van der Waals surface area contributed by atoms with Gasteiger partial charge in [-0.2, -0.15) is 4.57 Å². The van der Waals surface area contributed by atoms with Crippen LogP contribution in [0.4, 0.5) is 0 Å². The highest BCUT2D eigenvalue weighted by atomic mass is 15.0. The third-order valence-electron chi connectivity index (χ3n) is 5.22. The Balaban J connectivity index is 1.97. The molecule has 1 saturated carbocycles. The van der Waals surface area contributed by atoms with Gasteiger partial charge in [-0.1, -0.05) is 37.5 Å². The van der Waals surface area contributed by atoms with Gasteiger partial charge in [0.2, 0.25) is 5.69 Å². The Labute approximate surface area is 139 Å². The van der Waals surface area contributed by atoms with Gasteiger partial charge < -0.3 is 0 Å². The van der Waals surface area contributed by atoms with Crippen LogP contribution in [0.2, 0.25) is 0 Å². The fourth-order valence-electron chi connectivity index (χ4n) is 3.96. The third kappa shape index (κ3) is 2.18. The smallest absolute Gasteiger partial charge is 0.198 e. The molecule has 0 aliphatic heterocycles. The fraction of sp³-hybridized carbons (Fsp3) is 0.476. The van der Waals surface area contributed by atoms with Gasteiger partial charge in [-0.15, -0.1) is 0 Å². The Morgan fingerprint density at radius 2 is 1.77 bits per heavy atom. The molecule has 0 saturated heterocycles. The summed E-state index contributed by atoms with van der Waals surface area (Å²) < 4.78 is 37.7. The lowest BCUT2D eigenvalue weighted by molar-refractivity contribution is -0.668. The van der Waals surface area contributed by atoms with Crippen molar-refractivity contribution in [2.24, 2.45) is 12.5 Å². The van der Waals surface area contributed by atoms with Crippen molar-refractivity contribution in [3.05, 3.63) is 53.2 Å². The topological polar surface area (TPSA) is 3.88 Å². The number of nitrogens with zero attached hydrogens (tertiary/aromatic N) is 1. The molecule has 114 valence electrons. The highest BCUT2D eigenvalue weighted by Crippen LogP contribution is 2.46. The zero-order valence-corrected chi connectivity index (χ0v) is 13.4. The molecule has 1 aromatic heterocycles. The highest BCUT2D eigenvalue weighted by Gasteiger charge is 2.42. The lowest BCUT2D eigenvalue weighted by Crippen LogP contribution is -2.37. The minimum absolute atomic E-state index is 0.519. The molecule has 0 radical (unpaired) electrons. The largest absolute Gasteiger partial charge is 0.212 e. The van der Waals surface area contributed by atoms with Crippen LogP contribution in [0.15, 0.2) is 36.4 Å². The Hall–Kier alpha value is -1.63. The monoisotopic (exact) mass is 296 g/mol. The number of hydrogen-bond donors (Lipinski definition) is 0. The SMILES string of the molecule is [2H]C1([2H])c2ccc(-c3ccccc3C)[n+](C)c2C([2H])([2H])C12CCCCC2. The predicted molar refractivity (Wildman–Crippen MR) is 90.7 cm³/mol. The summed E-state index contributed by atoms with van der Waals surface area (Å²) in [7, 11) is 1.89. The molecule has 1 aromatic carbocycles. The number of rotatable bonds is 1. The molecule has 0 atom stereocenters. The van der Waals surface area contributed by atoms with Gasteiger partial charge in [-0.05, 0) is 49.2 Å². The van der Waals surface area contributed by atoms with E-state index in [1.54, 1.807) is 0 Å². The first-order chi connectivity index (χ1) is 12.2. The summed E-state index contributed by atoms with van der Waals surface area (Å²) in [6, 6.07) is 11.9. The van der Waals surface area contributed by atoms with Gasteiger partial charge in [0.05, 0.1) is 0 Å². The number of hydrogen-bond acceptors (Lipinski definition) is 0. The van der Waals surface area contributed by atoms with E-state index in [1.807, 2.05) is 41.9 Å². The van der Waals surface area contributed by atoms with E-state index in [2.05, 4.69) is 13.0 Å². The molecule has 1 nitrogen and oxygen atoms in total. The van der Waals surface area contributed by atoms with Crippen molar-refractivity contribution in [1.29, 1.82) is 0 Å². The van der Waals surface area contributed by atoms with Crippen molar-refractivity contribution < 1.29 is 10.1 Å². The van der Waals surface area contributed by atoms with E-state index in [1.165, 1.54) is 0 Å². The summed E-state index contributed by atoms with van der Waals surface area (Å²) in [5.41, 5.74) is 3.24. The van der Waals surface area contributed by atoms with Crippen LogP contribution in [0.25, 0.3) is 11.3 Å². The average Bonchev–Trinajstić information content (AvgIpc) is 2.73. The Bertz CT molecular complexity index is 866. The second-order valence-corrected chi connectivity index (χ2v) is 6.75. The molecule has 0 N–H and O–H groups in total. The van der Waals surface area contributed by atoms with E-state index in [0.717, 1.165) is 36.1 Å². The zero-order chi connectivity index (χ0) is 18.7. The maximum absolute atomic E-state index is 9.03. The van der Waals surface area contributed by atoms with Gasteiger partial charge in [0.1, 0.15) is 7.05 Å². The van der Waals surface area contributed by atoms with Gasteiger partial charge in [0.25, 0.3) is 0 Å². The molecule has 22 heavy (non-hydrogen) atoms. The van der Waals surface area contributed by atoms with Crippen molar-refractivity contribution in [2.75, 3.05) is 0 Å². The first-order valence-electron chi connectivity index (χ1n) is 10.3. The van der Waals surface area contributed by atoms with Crippen LogP contribution in [-0.2, 0) is 19.8 Å². The average molecular weight is 296 g/mol. The van der Waals surface area contributed by atoms with Crippen molar-refractivity contribution in [3.63, 3.8) is 0 Å². The summed E-state index contributed by atoms with van der Waals surface area (Å²) in [6.45, 7) is 2.05. The van der Waals surface area contributed by atoms with Crippen LogP contribution in [0.5, 0.6) is 0 Å². The maximum atomic E-state index is 9.03.